The molecule has 0 aromatic carbocycles. The Morgan fingerprint density at radius 3 is 2.76 bits per heavy atom. The van der Waals surface area contributed by atoms with E-state index in [4.69, 9.17) is 5.73 Å². The molecule has 7 heteroatoms. The summed E-state index contributed by atoms with van der Waals surface area (Å²) >= 11 is 0. The summed E-state index contributed by atoms with van der Waals surface area (Å²) in [4.78, 5) is 15.2. The topological polar surface area (TPSA) is 68.0 Å². The van der Waals surface area contributed by atoms with Crippen LogP contribution in [0.2, 0.25) is 0 Å². The van der Waals surface area contributed by atoms with Gasteiger partial charge in [0.1, 0.15) is 5.69 Å². The van der Waals surface area contributed by atoms with E-state index < -0.39 is 24.5 Å². The van der Waals surface area contributed by atoms with Gasteiger partial charge in [0.25, 0.3) is 5.91 Å². The third kappa shape index (κ3) is 4.71. The molecule has 1 unspecified atom stereocenters. The predicted molar refractivity (Wildman–Crippen MR) is 56.2 cm³/mol. The number of pyridine rings is 1. The number of carbonyl (C=O) groups is 1. The molecule has 0 radical (unpaired) electrons. The zero-order valence-corrected chi connectivity index (χ0v) is 9.08. The molecule has 1 aromatic rings. The number of nitrogens with zero attached hydrogens (tertiary/aromatic N) is 1. The lowest BCUT2D eigenvalue weighted by Crippen LogP contribution is -2.36. The van der Waals surface area contributed by atoms with Gasteiger partial charge in [0, 0.05) is 17.9 Å². The van der Waals surface area contributed by atoms with E-state index in [1.807, 2.05) is 0 Å². The lowest BCUT2D eigenvalue weighted by Gasteiger charge is -2.15. The lowest BCUT2D eigenvalue weighted by molar-refractivity contribution is -0.138. The highest BCUT2D eigenvalue weighted by Gasteiger charge is 2.30. The van der Waals surface area contributed by atoms with Gasteiger partial charge in [-0.15, -0.1) is 0 Å². The van der Waals surface area contributed by atoms with Crippen molar-refractivity contribution in [2.24, 2.45) is 0 Å². The Morgan fingerprint density at radius 2 is 2.24 bits per heavy atom. The fourth-order valence-electron chi connectivity index (χ4n) is 1.27. The van der Waals surface area contributed by atoms with Gasteiger partial charge in [0.05, 0.1) is 6.42 Å². The number of nitrogens with one attached hydrogen (secondary N) is 1. The largest absolute Gasteiger partial charge is 0.399 e. The van der Waals surface area contributed by atoms with Gasteiger partial charge in [-0.05, 0) is 19.1 Å². The van der Waals surface area contributed by atoms with Crippen LogP contribution in [-0.2, 0) is 0 Å². The quantitative estimate of drug-likeness (QED) is 0.854. The van der Waals surface area contributed by atoms with Crippen LogP contribution in [-0.4, -0.2) is 23.1 Å². The first-order valence-electron chi connectivity index (χ1n) is 4.87. The zero-order chi connectivity index (χ0) is 13.1. The minimum absolute atomic E-state index is 0.000903. The summed E-state index contributed by atoms with van der Waals surface area (Å²) in [6, 6.07) is 1.77. The number of hydrogen-bond acceptors (Lipinski definition) is 3. The van der Waals surface area contributed by atoms with Crippen molar-refractivity contribution < 1.29 is 18.0 Å². The van der Waals surface area contributed by atoms with Gasteiger partial charge < -0.3 is 11.1 Å². The fourth-order valence-corrected chi connectivity index (χ4v) is 1.27. The predicted octanol–water partition coefficient (Wildman–Crippen LogP) is 1.73. The standard InChI is InChI=1S/C10H12F3N3O/c1-6(5-10(11,12)13)16-9(17)8-4-7(14)2-3-15-8/h2-4,6H,5H2,1H3,(H2,14,15)(H,16,17). The van der Waals surface area contributed by atoms with E-state index in [1.54, 1.807) is 0 Å². The molecule has 4 nitrogen and oxygen atoms in total. The SMILES string of the molecule is CC(CC(F)(F)F)NC(=O)c1cc(N)ccn1. The molecule has 0 aliphatic carbocycles. The van der Waals surface area contributed by atoms with E-state index in [9.17, 15) is 18.0 Å². The molecular formula is C10H12F3N3O. The summed E-state index contributed by atoms with van der Waals surface area (Å²) in [7, 11) is 0. The van der Waals surface area contributed by atoms with Crippen molar-refractivity contribution in [3.63, 3.8) is 0 Å². The Labute approximate surface area is 96.0 Å². The molecule has 17 heavy (non-hydrogen) atoms. The third-order valence-corrected chi connectivity index (χ3v) is 1.93. The molecule has 0 bridgehead atoms. The molecule has 1 heterocycles. The minimum Gasteiger partial charge on any atom is -0.399 e. The second-order valence-corrected chi connectivity index (χ2v) is 3.67. The zero-order valence-electron chi connectivity index (χ0n) is 9.08. The average Bonchev–Trinajstić information content (AvgIpc) is 2.14. The maximum atomic E-state index is 12.0. The van der Waals surface area contributed by atoms with Crippen molar-refractivity contribution in [3.05, 3.63) is 24.0 Å². The van der Waals surface area contributed by atoms with E-state index in [0.29, 0.717) is 5.69 Å². The number of halogens is 3. The van der Waals surface area contributed by atoms with Crippen molar-refractivity contribution in [2.75, 3.05) is 5.73 Å². The summed E-state index contributed by atoms with van der Waals surface area (Å²) in [5.74, 6) is -0.672. The monoisotopic (exact) mass is 247 g/mol. The van der Waals surface area contributed by atoms with Crippen LogP contribution in [0.15, 0.2) is 18.3 Å². The van der Waals surface area contributed by atoms with Crippen molar-refractivity contribution in [1.29, 1.82) is 0 Å². The van der Waals surface area contributed by atoms with Gasteiger partial charge in [-0.3, -0.25) is 9.78 Å². The van der Waals surface area contributed by atoms with Gasteiger partial charge in [0.15, 0.2) is 0 Å². The van der Waals surface area contributed by atoms with Crippen LogP contribution in [0, 0.1) is 0 Å². The molecule has 94 valence electrons. The summed E-state index contributed by atoms with van der Waals surface area (Å²) in [5.41, 5.74) is 5.76. The molecule has 3 N–H and O–H groups in total. The first kappa shape index (κ1) is 13.3. The van der Waals surface area contributed by atoms with Gasteiger partial charge in [0.2, 0.25) is 0 Å². The number of nitrogens with two attached hydrogens (primary N) is 1. The Bertz CT molecular complexity index is 406. The number of aromatic nitrogens is 1. The molecule has 0 saturated carbocycles. The summed E-state index contributed by atoms with van der Waals surface area (Å²) in [6.07, 6.45) is -4.07. The fraction of sp³-hybridized carbons (Fsp3) is 0.400. The first-order valence-corrected chi connectivity index (χ1v) is 4.87. The maximum absolute atomic E-state index is 12.0. The van der Waals surface area contributed by atoms with Crippen LogP contribution >= 0.6 is 0 Å². The van der Waals surface area contributed by atoms with E-state index in [1.165, 1.54) is 25.3 Å². The Kier molecular flexibility index (Phi) is 3.93. The third-order valence-electron chi connectivity index (χ3n) is 1.93. The molecule has 0 aliphatic rings. The van der Waals surface area contributed by atoms with Crippen molar-refractivity contribution in [1.82, 2.24) is 10.3 Å². The van der Waals surface area contributed by atoms with Gasteiger partial charge in [-0.2, -0.15) is 13.2 Å². The van der Waals surface area contributed by atoms with E-state index in [0.717, 1.165) is 0 Å². The first-order chi connectivity index (χ1) is 7.78. The number of nitrogen functional groups attached to an aromatic ring is 1. The van der Waals surface area contributed by atoms with Gasteiger partial charge in [-0.25, -0.2) is 0 Å². The highest BCUT2D eigenvalue weighted by molar-refractivity contribution is 5.93. The number of amides is 1. The van der Waals surface area contributed by atoms with Crippen LogP contribution in [0.1, 0.15) is 23.8 Å². The summed E-state index contributed by atoms with van der Waals surface area (Å²) < 4.78 is 36.1. The van der Waals surface area contributed by atoms with Crippen LogP contribution in [0.25, 0.3) is 0 Å². The average molecular weight is 247 g/mol. The number of rotatable bonds is 3. The summed E-state index contributed by atoms with van der Waals surface area (Å²) in [5, 5.41) is 2.20. The van der Waals surface area contributed by atoms with Gasteiger partial charge >= 0.3 is 6.18 Å². The normalized spacial score (nSPS) is 13.2. The van der Waals surface area contributed by atoms with E-state index >= 15 is 0 Å². The number of anilines is 1. The minimum atomic E-state index is -4.31. The second kappa shape index (κ2) is 5.03. The van der Waals surface area contributed by atoms with E-state index in [-0.39, 0.29) is 5.69 Å². The van der Waals surface area contributed by atoms with Crippen LogP contribution < -0.4 is 11.1 Å². The number of alkyl halides is 3. The molecule has 1 amide bonds. The van der Waals surface area contributed by atoms with Crippen molar-refractivity contribution in [2.45, 2.75) is 25.6 Å². The molecule has 0 saturated heterocycles. The second-order valence-electron chi connectivity index (χ2n) is 3.67. The molecule has 0 aliphatic heterocycles. The highest BCUT2D eigenvalue weighted by Crippen LogP contribution is 2.21. The molecule has 1 aromatic heterocycles. The Morgan fingerprint density at radius 1 is 1.59 bits per heavy atom. The van der Waals surface area contributed by atoms with Crippen molar-refractivity contribution >= 4 is 11.6 Å². The lowest BCUT2D eigenvalue weighted by atomic mass is 10.2. The summed E-state index contributed by atoms with van der Waals surface area (Å²) in [6.45, 7) is 1.28. The highest BCUT2D eigenvalue weighted by atomic mass is 19.4. The molecular weight excluding hydrogens is 235 g/mol. The smallest absolute Gasteiger partial charge is 0.391 e. The molecule has 1 atom stereocenters. The van der Waals surface area contributed by atoms with Crippen molar-refractivity contribution in [3.8, 4) is 0 Å². The van der Waals surface area contributed by atoms with Gasteiger partial charge in [-0.1, -0.05) is 0 Å². The number of carbonyl (C=O) groups excluding carboxylic acids is 1. The molecule has 0 fully saturated rings. The number of hydrogen-bond donors (Lipinski definition) is 2. The molecule has 0 spiro atoms. The van der Waals surface area contributed by atoms with Crippen LogP contribution in [0.4, 0.5) is 18.9 Å². The van der Waals surface area contributed by atoms with Crippen LogP contribution in [0.3, 0.4) is 0 Å². The van der Waals surface area contributed by atoms with Crippen LogP contribution in [0.5, 0.6) is 0 Å². The Hall–Kier alpha value is -1.79. The Balaban J connectivity index is 2.61. The van der Waals surface area contributed by atoms with E-state index in [2.05, 4.69) is 10.3 Å². The molecule has 1 rings (SSSR count). The maximum Gasteiger partial charge on any atom is 0.391 e.